The van der Waals surface area contributed by atoms with Crippen molar-refractivity contribution in [3.05, 3.63) is 21.6 Å². The van der Waals surface area contributed by atoms with Crippen LogP contribution in [0, 0.1) is 11.8 Å². The van der Waals surface area contributed by atoms with Crippen molar-refractivity contribution in [1.29, 1.82) is 0 Å². The first kappa shape index (κ1) is 10.1. The van der Waals surface area contributed by atoms with Crippen LogP contribution in [0.5, 0.6) is 0 Å². The van der Waals surface area contributed by atoms with Gasteiger partial charge in [-0.15, -0.1) is 0 Å². The van der Waals surface area contributed by atoms with Gasteiger partial charge in [0.15, 0.2) is 0 Å². The number of rotatable bonds is 2. The van der Waals surface area contributed by atoms with Crippen LogP contribution in [0.2, 0.25) is 0 Å². The number of hydrogen-bond acceptors (Lipinski definition) is 3. The second-order valence-corrected chi connectivity index (χ2v) is 4.14. The van der Waals surface area contributed by atoms with Gasteiger partial charge < -0.3 is 4.74 Å². The molecule has 0 saturated heterocycles. The molecule has 0 radical (unpaired) electrons. The third-order valence-electron chi connectivity index (χ3n) is 3.41. The maximum Gasteiger partial charge on any atom is 0.333 e. The molecule has 2 aliphatic rings. The Kier molecular flexibility index (Phi) is 2.40. The Labute approximate surface area is 87.7 Å². The quantitative estimate of drug-likeness (QED) is 0.301. The normalized spacial score (nSPS) is 32.8. The maximum absolute atomic E-state index is 11.5. The summed E-state index contributed by atoms with van der Waals surface area (Å²) in [6.07, 6.45) is 1.57. The van der Waals surface area contributed by atoms with E-state index in [2.05, 4.69) is 10.0 Å². The van der Waals surface area contributed by atoms with Gasteiger partial charge in [-0.05, 0) is 37.1 Å². The molecule has 2 aliphatic carbocycles. The largest absolute Gasteiger partial charge is 0.466 e. The fourth-order valence-corrected chi connectivity index (χ4v) is 2.44. The van der Waals surface area contributed by atoms with Gasteiger partial charge in [-0.3, -0.25) is 0 Å². The van der Waals surface area contributed by atoms with Gasteiger partial charge >= 0.3 is 5.97 Å². The molecule has 0 aromatic carbocycles. The average Bonchev–Trinajstić information content (AvgIpc) is 3.01. The lowest BCUT2D eigenvalue weighted by Crippen LogP contribution is -2.21. The molecule has 1 saturated carbocycles. The van der Waals surface area contributed by atoms with E-state index in [0.29, 0.717) is 23.8 Å². The lowest BCUT2D eigenvalue weighted by molar-refractivity contribution is -0.136. The zero-order chi connectivity index (χ0) is 11.0. The van der Waals surface area contributed by atoms with Crippen LogP contribution in [0.25, 0.3) is 10.4 Å². The van der Waals surface area contributed by atoms with Crippen LogP contribution in [0.15, 0.2) is 16.3 Å². The van der Waals surface area contributed by atoms with Gasteiger partial charge in [-0.25, -0.2) is 4.79 Å². The monoisotopic (exact) mass is 207 g/mol. The maximum atomic E-state index is 11.5. The predicted octanol–water partition coefficient (Wildman–Crippen LogP) is 2.19. The molecule has 3 unspecified atom stereocenters. The highest BCUT2D eigenvalue weighted by Crippen LogP contribution is 2.53. The van der Waals surface area contributed by atoms with Crippen molar-refractivity contribution in [2.75, 3.05) is 7.11 Å². The second kappa shape index (κ2) is 3.59. The summed E-state index contributed by atoms with van der Waals surface area (Å²) in [5.74, 6) is 0.605. The van der Waals surface area contributed by atoms with E-state index in [0.717, 1.165) is 12.0 Å². The average molecular weight is 207 g/mol. The highest BCUT2D eigenvalue weighted by atomic mass is 16.5. The van der Waals surface area contributed by atoms with Crippen molar-refractivity contribution in [3.8, 4) is 0 Å². The van der Waals surface area contributed by atoms with E-state index in [9.17, 15) is 4.79 Å². The topological polar surface area (TPSA) is 75.1 Å². The third kappa shape index (κ3) is 1.59. The number of ether oxygens (including phenoxy) is 1. The van der Waals surface area contributed by atoms with E-state index in [4.69, 9.17) is 10.3 Å². The van der Waals surface area contributed by atoms with Gasteiger partial charge in [0.25, 0.3) is 0 Å². The summed E-state index contributed by atoms with van der Waals surface area (Å²) >= 11 is 0. The van der Waals surface area contributed by atoms with E-state index in [-0.39, 0.29) is 12.0 Å². The lowest BCUT2D eigenvalue weighted by atomic mass is 9.89. The number of allylic oxidation sites excluding steroid dienone is 1. The van der Waals surface area contributed by atoms with Crippen molar-refractivity contribution < 1.29 is 9.53 Å². The Bertz CT molecular complexity index is 382. The fourth-order valence-electron chi connectivity index (χ4n) is 2.44. The first-order chi connectivity index (χ1) is 7.19. The minimum atomic E-state index is -0.281. The Morgan fingerprint density at radius 2 is 2.40 bits per heavy atom. The first-order valence-corrected chi connectivity index (χ1v) is 5.01. The molecule has 0 heterocycles. The summed E-state index contributed by atoms with van der Waals surface area (Å²) in [5.41, 5.74) is 10.3. The Hall–Kier alpha value is -1.48. The molecule has 5 nitrogen and oxygen atoms in total. The highest BCUT2D eigenvalue weighted by molar-refractivity contribution is 5.90. The van der Waals surface area contributed by atoms with Crippen molar-refractivity contribution in [1.82, 2.24) is 0 Å². The third-order valence-corrected chi connectivity index (χ3v) is 3.41. The van der Waals surface area contributed by atoms with Crippen LogP contribution in [-0.2, 0) is 9.53 Å². The van der Waals surface area contributed by atoms with Gasteiger partial charge in [-0.1, -0.05) is 10.7 Å². The zero-order valence-corrected chi connectivity index (χ0v) is 8.80. The van der Waals surface area contributed by atoms with Crippen molar-refractivity contribution in [2.24, 2.45) is 17.0 Å². The predicted molar refractivity (Wildman–Crippen MR) is 53.9 cm³/mol. The number of hydrogen-bond donors (Lipinski definition) is 0. The molecule has 0 aromatic rings. The van der Waals surface area contributed by atoms with Gasteiger partial charge in [0, 0.05) is 16.5 Å². The van der Waals surface area contributed by atoms with Crippen LogP contribution in [-0.4, -0.2) is 19.1 Å². The number of carbonyl (C=O) groups excluding carboxylic acids is 1. The van der Waals surface area contributed by atoms with Crippen LogP contribution in [0.4, 0.5) is 0 Å². The number of fused-ring (bicyclic) bond motifs is 1. The van der Waals surface area contributed by atoms with E-state index in [1.165, 1.54) is 7.11 Å². The van der Waals surface area contributed by atoms with Crippen molar-refractivity contribution >= 4 is 5.97 Å². The van der Waals surface area contributed by atoms with Gasteiger partial charge in [0.2, 0.25) is 0 Å². The molecule has 0 N–H and O–H groups in total. The van der Waals surface area contributed by atoms with E-state index >= 15 is 0 Å². The van der Waals surface area contributed by atoms with Crippen molar-refractivity contribution in [3.63, 3.8) is 0 Å². The molecule has 80 valence electrons. The Morgan fingerprint density at radius 3 is 3.00 bits per heavy atom. The molecule has 0 amide bonds. The van der Waals surface area contributed by atoms with E-state index in [1.807, 2.05) is 6.92 Å². The molecule has 2 rings (SSSR count). The number of methoxy groups -OCH3 is 1. The fraction of sp³-hybridized carbons (Fsp3) is 0.700. The Balaban J connectivity index is 2.26. The second-order valence-electron chi connectivity index (χ2n) is 4.14. The molecular formula is C10H13N3O2. The molecule has 5 heteroatoms. The molecule has 1 fully saturated rings. The highest BCUT2D eigenvalue weighted by Gasteiger charge is 2.48. The minimum Gasteiger partial charge on any atom is -0.466 e. The summed E-state index contributed by atoms with van der Waals surface area (Å²) in [5, 5.41) is 3.75. The molecule has 15 heavy (non-hydrogen) atoms. The molecule has 0 bridgehead atoms. The van der Waals surface area contributed by atoms with Gasteiger partial charge in [0.1, 0.15) is 0 Å². The van der Waals surface area contributed by atoms with Crippen LogP contribution in [0.3, 0.4) is 0 Å². The van der Waals surface area contributed by atoms with Gasteiger partial charge in [-0.2, -0.15) is 0 Å². The van der Waals surface area contributed by atoms with E-state index < -0.39 is 0 Å². The van der Waals surface area contributed by atoms with Crippen LogP contribution in [0.1, 0.15) is 19.8 Å². The first-order valence-electron chi connectivity index (χ1n) is 5.01. The molecule has 0 aromatic heterocycles. The molecule has 3 atom stereocenters. The summed E-state index contributed by atoms with van der Waals surface area (Å²) in [6, 6.07) is -0.0576. The van der Waals surface area contributed by atoms with E-state index in [1.54, 1.807) is 0 Å². The number of esters is 1. The summed E-state index contributed by atoms with van der Waals surface area (Å²) in [7, 11) is 1.38. The lowest BCUT2D eigenvalue weighted by Gasteiger charge is -2.20. The van der Waals surface area contributed by atoms with Gasteiger partial charge in [0.05, 0.1) is 7.11 Å². The van der Waals surface area contributed by atoms with Crippen LogP contribution < -0.4 is 0 Å². The number of azide groups is 1. The summed E-state index contributed by atoms with van der Waals surface area (Å²) in [6.45, 7) is 1.98. The Morgan fingerprint density at radius 1 is 1.67 bits per heavy atom. The molecular weight excluding hydrogens is 194 g/mol. The van der Waals surface area contributed by atoms with Crippen LogP contribution >= 0.6 is 0 Å². The van der Waals surface area contributed by atoms with Crippen molar-refractivity contribution in [2.45, 2.75) is 25.8 Å². The number of carbonyl (C=O) groups is 1. The SMILES string of the molecule is COC(=O)C1=C(C)C2CC2C(N=[N+]=[N-])C1. The smallest absolute Gasteiger partial charge is 0.333 e. The molecule has 0 aliphatic heterocycles. The summed E-state index contributed by atoms with van der Waals surface area (Å²) in [4.78, 5) is 14.3. The summed E-state index contributed by atoms with van der Waals surface area (Å²) < 4.78 is 4.72. The zero-order valence-electron chi connectivity index (χ0n) is 8.80. The minimum absolute atomic E-state index is 0.0576. The number of nitrogens with zero attached hydrogens (tertiary/aromatic N) is 3. The molecule has 0 spiro atoms. The standard InChI is InChI=1S/C10H13N3O2/c1-5-6-3-8(6)9(12-13-11)4-7(5)10(14)15-2/h6,8-9H,3-4H2,1-2H3.